The summed E-state index contributed by atoms with van der Waals surface area (Å²) in [5.74, 6) is 0.698. The first-order valence-corrected chi connectivity index (χ1v) is 9.56. The van der Waals surface area contributed by atoms with Gasteiger partial charge in [0.1, 0.15) is 11.1 Å². The minimum absolute atomic E-state index is 0.0964. The van der Waals surface area contributed by atoms with Gasteiger partial charge in [-0.1, -0.05) is 65.9 Å². The molecule has 0 saturated heterocycles. The van der Waals surface area contributed by atoms with Gasteiger partial charge in [0.15, 0.2) is 5.16 Å². The lowest BCUT2D eigenvalue weighted by atomic mass is 10.1. The van der Waals surface area contributed by atoms with Crippen molar-refractivity contribution in [3.63, 3.8) is 0 Å². The standard InChI is InChI=1S/C21H22N4OS/c1-4-14-25-16(3)23-24-21(25)27-19(17-8-6-5-7-9-17)20(26)22-18-12-10-15(2)11-13-18/h4-13,19H,1,14H2,2-3H3,(H,22,26)/t19-/m1/s1. The van der Waals surface area contributed by atoms with Gasteiger partial charge in [-0.15, -0.1) is 16.8 Å². The van der Waals surface area contributed by atoms with Crippen molar-refractivity contribution in [1.82, 2.24) is 14.8 Å². The maximum atomic E-state index is 13.1. The van der Waals surface area contributed by atoms with E-state index in [2.05, 4.69) is 22.1 Å². The molecule has 0 aliphatic rings. The molecule has 138 valence electrons. The zero-order chi connectivity index (χ0) is 19.2. The molecule has 1 N–H and O–H groups in total. The highest BCUT2D eigenvalue weighted by molar-refractivity contribution is 8.00. The van der Waals surface area contributed by atoms with Crippen LogP contribution in [0.5, 0.6) is 0 Å². The van der Waals surface area contributed by atoms with Gasteiger partial charge in [-0.25, -0.2) is 0 Å². The quantitative estimate of drug-likeness (QED) is 0.484. The summed E-state index contributed by atoms with van der Waals surface area (Å²) in [6.07, 6.45) is 1.80. The molecule has 0 fully saturated rings. The van der Waals surface area contributed by atoms with Crippen molar-refractivity contribution in [3.8, 4) is 0 Å². The van der Waals surface area contributed by atoms with Gasteiger partial charge in [-0.3, -0.25) is 4.79 Å². The zero-order valence-corrected chi connectivity index (χ0v) is 16.2. The molecule has 5 nitrogen and oxygen atoms in total. The molecule has 6 heteroatoms. The average Bonchev–Trinajstić information content (AvgIpc) is 3.02. The number of benzene rings is 2. The van der Waals surface area contributed by atoms with Crippen molar-refractivity contribution in [2.24, 2.45) is 0 Å². The number of allylic oxidation sites excluding steroid dienone is 1. The van der Waals surface area contributed by atoms with E-state index < -0.39 is 5.25 Å². The topological polar surface area (TPSA) is 59.8 Å². The van der Waals surface area contributed by atoms with E-state index in [9.17, 15) is 4.79 Å². The minimum Gasteiger partial charge on any atom is -0.325 e. The summed E-state index contributed by atoms with van der Waals surface area (Å²) < 4.78 is 1.95. The Kier molecular flexibility index (Phi) is 6.08. The summed E-state index contributed by atoms with van der Waals surface area (Å²) in [6.45, 7) is 8.30. The number of carbonyl (C=O) groups is 1. The molecule has 0 bridgehead atoms. The number of anilines is 1. The van der Waals surface area contributed by atoms with Crippen LogP contribution in [0.25, 0.3) is 0 Å². The van der Waals surface area contributed by atoms with Crippen LogP contribution in [0.3, 0.4) is 0 Å². The average molecular weight is 379 g/mol. The Morgan fingerprint density at radius 1 is 1.15 bits per heavy atom. The lowest BCUT2D eigenvalue weighted by Crippen LogP contribution is -2.19. The van der Waals surface area contributed by atoms with Crippen LogP contribution in [0.1, 0.15) is 22.2 Å². The van der Waals surface area contributed by atoms with Gasteiger partial charge >= 0.3 is 0 Å². The third-order valence-corrected chi connectivity index (χ3v) is 5.33. The molecule has 3 rings (SSSR count). The normalized spacial score (nSPS) is 11.8. The highest BCUT2D eigenvalue weighted by Crippen LogP contribution is 2.35. The highest BCUT2D eigenvalue weighted by atomic mass is 32.2. The monoisotopic (exact) mass is 378 g/mol. The van der Waals surface area contributed by atoms with Crippen molar-refractivity contribution in [2.45, 2.75) is 30.8 Å². The molecule has 3 aromatic rings. The molecular weight excluding hydrogens is 356 g/mol. The molecule has 0 saturated carbocycles. The van der Waals surface area contributed by atoms with Gasteiger partial charge in [-0.2, -0.15) is 0 Å². The fraction of sp³-hybridized carbons (Fsp3) is 0.190. The number of hydrogen-bond acceptors (Lipinski definition) is 4. The Morgan fingerprint density at radius 2 is 1.85 bits per heavy atom. The molecule has 1 atom stereocenters. The summed E-state index contributed by atoms with van der Waals surface area (Å²) in [5.41, 5.74) is 2.84. The second-order valence-electron chi connectivity index (χ2n) is 6.19. The highest BCUT2D eigenvalue weighted by Gasteiger charge is 2.25. The van der Waals surface area contributed by atoms with Crippen LogP contribution < -0.4 is 5.32 Å². The minimum atomic E-state index is -0.445. The Morgan fingerprint density at radius 3 is 2.52 bits per heavy atom. The molecule has 0 unspecified atom stereocenters. The number of hydrogen-bond donors (Lipinski definition) is 1. The second-order valence-corrected chi connectivity index (χ2v) is 7.27. The first-order valence-electron chi connectivity index (χ1n) is 8.68. The van der Waals surface area contributed by atoms with Gasteiger partial charge < -0.3 is 9.88 Å². The summed E-state index contributed by atoms with van der Waals surface area (Å²) in [6, 6.07) is 17.5. The third kappa shape index (κ3) is 4.65. The van der Waals surface area contributed by atoms with Crippen LogP contribution in [0.4, 0.5) is 5.69 Å². The van der Waals surface area contributed by atoms with Crippen LogP contribution in [-0.4, -0.2) is 20.7 Å². The smallest absolute Gasteiger partial charge is 0.242 e. The van der Waals surface area contributed by atoms with Gasteiger partial charge in [0, 0.05) is 12.2 Å². The number of nitrogens with zero attached hydrogens (tertiary/aromatic N) is 3. The van der Waals surface area contributed by atoms with E-state index in [4.69, 9.17) is 0 Å². The zero-order valence-electron chi connectivity index (χ0n) is 15.4. The van der Waals surface area contributed by atoms with Crippen LogP contribution >= 0.6 is 11.8 Å². The summed E-state index contributed by atoms with van der Waals surface area (Å²) >= 11 is 1.39. The van der Waals surface area contributed by atoms with Crippen LogP contribution in [0.15, 0.2) is 72.4 Å². The molecule has 0 aliphatic heterocycles. The van der Waals surface area contributed by atoms with Crippen molar-refractivity contribution in [2.75, 3.05) is 5.32 Å². The Labute approximate surface area is 163 Å². The van der Waals surface area contributed by atoms with Crippen molar-refractivity contribution < 1.29 is 4.79 Å². The van der Waals surface area contributed by atoms with E-state index in [1.54, 1.807) is 6.08 Å². The second kappa shape index (κ2) is 8.68. The van der Waals surface area contributed by atoms with Gasteiger partial charge in [0.25, 0.3) is 0 Å². The van der Waals surface area contributed by atoms with Crippen LogP contribution in [0.2, 0.25) is 0 Å². The van der Waals surface area contributed by atoms with E-state index in [0.717, 1.165) is 22.6 Å². The van der Waals surface area contributed by atoms with Crippen LogP contribution in [0, 0.1) is 13.8 Å². The van der Waals surface area contributed by atoms with Crippen molar-refractivity contribution >= 4 is 23.4 Å². The molecular formula is C21H22N4OS. The van der Waals surface area contributed by atoms with E-state index in [0.29, 0.717) is 11.7 Å². The van der Waals surface area contributed by atoms with Gasteiger partial charge in [0.05, 0.1) is 0 Å². The van der Waals surface area contributed by atoms with E-state index in [-0.39, 0.29) is 5.91 Å². The first-order chi connectivity index (χ1) is 13.1. The molecule has 0 aliphatic carbocycles. The SMILES string of the molecule is C=CCn1c(C)nnc1S[C@@H](C(=O)Nc1ccc(C)cc1)c1ccccc1. The van der Waals surface area contributed by atoms with Crippen LogP contribution in [-0.2, 0) is 11.3 Å². The fourth-order valence-corrected chi connectivity index (χ4v) is 3.73. The maximum Gasteiger partial charge on any atom is 0.242 e. The molecule has 1 heterocycles. The number of amides is 1. The first kappa shape index (κ1) is 18.9. The third-order valence-electron chi connectivity index (χ3n) is 4.10. The summed E-state index contributed by atoms with van der Waals surface area (Å²) in [5, 5.41) is 11.7. The number of aryl methyl sites for hydroxylation is 2. The number of carbonyl (C=O) groups excluding carboxylic acids is 1. The molecule has 0 radical (unpaired) electrons. The molecule has 2 aromatic carbocycles. The maximum absolute atomic E-state index is 13.1. The van der Waals surface area contributed by atoms with Crippen molar-refractivity contribution in [1.29, 1.82) is 0 Å². The predicted molar refractivity (Wildman–Crippen MR) is 110 cm³/mol. The molecule has 0 spiro atoms. The van der Waals surface area contributed by atoms with Gasteiger partial charge in [-0.05, 0) is 31.5 Å². The van der Waals surface area contributed by atoms with Gasteiger partial charge in [0.2, 0.25) is 5.91 Å². The lowest BCUT2D eigenvalue weighted by Gasteiger charge is -2.17. The largest absolute Gasteiger partial charge is 0.325 e. The van der Waals surface area contributed by atoms with Crippen molar-refractivity contribution in [3.05, 3.63) is 84.2 Å². The number of aromatic nitrogens is 3. The number of thioether (sulfide) groups is 1. The Hall–Kier alpha value is -2.86. The molecule has 1 aromatic heterocycles. The molecule has 27 heavy (non-hydrogen) atoms. The Bertz CT molecular complexity index is 919. The number of nitrogens with one attached hydrogen (secondary N) is 1. The molecule has 1 amide bonds. The fourth-order valence-electron chi connectivity index (χ4n) is 2.64. The summed E-state index contributed by atoms with van der Waals surface area (Å²) in [7, 11) is 0. The van der Waals surface area contributed by atoms with E-state index in [1.807, 2.05) is 73.0 Å². The predicted octanol–water partition coefficient (Wildman–Crippen LogP) is 4.55. The van der Waals surface area contributed by atoms with E-state index in [1.165, 1.54) is 11.8 Å². The van der Waals surface area contributed by atoms with E-state index >= 15 is 0 Å². The number of rotatable bonds is 7. The lowest BCUT2D eigenvalue weighted by molar-refractivity contribution is -0.115. The Balaban J connectivity index is 1.88. The summed E-state index contributed by atoms with van der Waals surface area (Å²) in [4.78, 5) is 13.1.